The third kappa shape index (κ3) is 21.9. The van der Waals surface area contributed by atoms with Gasteiger partial charge in [0, 0.05) is 12.5 Å². The summed E-state index contributed by atoms with van der Waals surface area (Å²) in [6.45, 7) is 12.3. The Morgan fingerprint density at radius 2 is 0.643 bits per heavy atom. The number of rotatable bonds is 44. The van der Waals surface area contributed by atoms with Gasteiger partial charge in [0.1, 0.15) is 6.61 Å². The average molecular weight is 985 g/mol. The number of benzene rings is 3. The van der Waals surface area contributed by atoms with Crippen molar-refractivity contribution in [1.82, 2.24) is 10.2 Å². The van der Waals surface area contributed by atoms with Crippen molar-refractivity contribution >= 4 is 17.9 Å². The first kappa shape index (κ1) is 56.5. The largest absolute Gasteiger partial charge is 0.449 e. The van der Waals surface area contributed by atoms with E-state index in [0.29, 0.717) is 183 Å². The third-order valence-corrected chi connectivity index (χ3v) is 10.7. The Bertz CT molecular complexity index is 1810. The molecular weight excluding hydrogens is 913 g/mol. The molecule has 0 radical (unpaired) electrons. The van der Waals surface area contributed by atoms with Crippen molar-refractivity contribution in [3.8, 4) is 11.1 Å². The number of hydrogen-bond donors (Lipinski definition) is 1. The highest BCUT2D eigenvalue weighted by atomic mass is 16.6. The second kappa shape index (κ2) is 36.5. The minimum atomic E-state index is -0.459. The average Bonchev–Trinajstić information content (AvgIpc) is 3.83. The Morgan fingerprint density at radius 3 is 0.971 bits per heavy atom. The number of carbonyl (C=O) groups excluding carboxylic acids is 3. The van der Waals surface area contributed by atoms with Crippen LogP contribution in [0.5, 0.6) is 0 Å². The van der Waals surface area contributed by atoms with Gasteiger partial charge < -0.3 is 71.6 Å². The molecule has 0 fully saturated rings. The van der Waals surface area contributed by atoms with Gasteiger partial charge in [-0.3, -0.25) is 14.5 Å². The summed E-state index contributed by atoms with van der Waals surface area (Å²) in [5, 5.41) is 2.74. The van der Waals surface area contributed by atoms with Crippen LogP contribution in [0.15, 0.2) is 72.8 Å². The van der Waals surface area contributed by atoms with Crippen LogP contribution >= 0.6 is 0 Å². The lowest BCUT2D eigenvalue weighted by molar-refractivity contribution is -0.0290. The Labute approximate surface area is 411 Å². The van der Waals surface area contributed by atoms with Crippen LogP contribution < -0.4 is 5.32 Å². The lowest BCUT2D eigenvalue weighted by Gasteiger charge is -2.14. The summed E-state index contributed by atoms with van der Waals surface area (Å²) in [6.07, 6.45) is -0.459. The van der Waals surface area contributed by atoms with Gasteiger partial charge in [-0.1, -0.05) is 60.7 Å². The molecule has 1 aliphatic carbocycles. The predicted molar refractivity (Wildman–Crippen MR) is 256 cm³/mol. The van der Waals surface area contributed by atoms with E-state index in [4.69, 9.17) is 66.3 Å². The third-order valence-electron chi connectivity index (χ3n) is 10.7. The lowest BCUT2D eigenvalue weighted by Crippen LogP contribution is -2.33. The molecule has 0 saturated heterocycles. The molecule has 0 aromatic heterocycles. The van der Waals surface area contributed by atoms with Gasteiger partial charge in [0.25, 0.3) is 11.8 Å². The molecule has 0 bridgehead atoms. The maximum Gasteiger partial charge on any atom is 0.407 e. The van der Waals surface area contributed by atoms with Gasteiger partial charge in [-0.05, 0) is 34.4 Å². The standard InChI is InChI=1S/C51H72N2O17/c54-49-46-11-5-6-12-47(46)50(55)53(49)14-16-58-18-20-60-22-24-62-26-28-64-30-32-66-34-36-68-38-40-69-39-37-67-35-33-65-31-29-63-27-25-61-23-21-59-19-17-57-15-13-52-51(56)70-41-48-44-9-3-1-7-42(44)43-8-2-4-10-45(43)48/h1-12,48H,13-41H2,(H,52,56). The topological polar surface area (TPSA) is 196 Å². The maximum absolute atomic E-state index is 12.3. The normalized spacial score (nSPS) is 13.0. The van der Waals surface area contributed by atoms with E-state index < -0.39 is 6.09 Å². The zero-order chi connectivity index (χ0) is 48.9. The predicted octanol–water partition coefficient (Wildman–Crippen LogP) is 4.04. The number of alkyl carbamates (subject to hydrolysis) is 1. The minimum absolute atomic E-state index is 0.0284. The van der Waals surface area contributed by atoms with Crippen molar-refractivity contribution < 1.29 is 80.7 Å². The molecule has 1 aliphatic heterocycles. The fraction of sp³-hybridized carbons (Fsp3) is 0.588. The van der Waals surface area contributed by atoms with Gasteiger partial charge in [-0.2, -0.15) is 0 Å². The molecular formula is C51H72N2O17. The summed E-state index contributed by atoms with van der Waals surface area (Å²) < 4.78 is 77.2. The molecule has 0 atom stereocenters. The molecule has 0 spiro atoms. The summed E-state index contributed by atoms with van der Waals surface area (Å²) in [7, 11) is 0. The van der Waals surface area contributed by atoms with Crippen LogP contribution in [0.2, 0.25) is 0 Å². The summed E-state index contributed by atoms with van der Waals surface area (Å²) in [4.78, 5) is 38.2. The molecule has 19 heteroatoms. The first-order valence-electron chi connectivity index (χ1n) is 24.2. The first-order valence-corrected chi connectivity index (χ1v) is 24.2. The maximum atomic E-state index is 12.3. The van der Waals surface area contributed by atoms with Gasteiger partial charge in [0.15, 0.2) is 0 Å². The molecule has 0 unspecified atom stereocenters. The summed E-state index contributed by atoms with van der Waals surface area (Å²) in [5.41, 5.74) is 5.62. The molecule has 388 valence electrons. The number of hydrogen-bond acceptors (Lipinski definition) is 17. The van der Waals surface area contributed by atoms with Crippen molar-refractivity contribution in [2.45, 2.75) is 5.92 Å². The molecule has 3 aromatic carbocycles. The lowest BCUT2D eigenvalue weighted by atomic mass is 9.98. The Balaban J connectivity index is 0.642. The van der Waals surface area contributed by atoms with E-state index >= 15 is 0 Å². The number of nitrogens with one attached hydrogen (secondary N) is 1. The van der Waals surface area contributed by atoms with Crippen LogP contribution in [0.1, 0.15) is 37.8 Å². The van der Waals surface area contributed by atoms with E-state index in [0.717, 1.165) is 0 Å². The van der Waals surface area contributed by atoms with Crippen molar-refractivity contribution in [3.63, 3.8) is 0 Å². The molecule has 3 aromatic rings. The van der Waals surface area contributed by atoms with Crippen LogP contribution in [0.25, 0.3) is 11.1 Å². The number of ether oxygens (including phenoxy) is 14. The SMILES string of the molecule is O=C(NCCOCCOCCOCCOCCOCCOCCOCCOCCOCCOCCOCCOCCOCCN1C(=O)c2ccccc2C1=O)OCC1c2ccccc2-c2ccccc21. The van der Waals surface area contributed by atoms with Gasteiger partial charge in [-0.15, -0.1) is 0 Å². The highest BCUT2D eigenvalue weighted by Gasteiger charge is 2.34. The Hall–Kier alpha value is -4.45. The van der Waals surface area contributed by atoms with E-state index in [1.54, 1.807) is 24.3 Å². The fourth-order valence-corrected chi connectivity index (χ4v) is 7.21. The van der Waals surface area contributed by atoms with E-state index in [1.807, 2.05) is 24.3 Å². The number of fused-ring (bicyclic) bond motifs is 4. The molecule has 0 saturated carbocycles. The quantitative estimate of drug-likeness (QED) is 0.0629. The second-order valence-corrected chi connectivity index (χ2v) is 15.5. The smallest absolute Gasteiger partial charge is 0.407 e. The van der Waals surface area contributed by atoms with Crippen LogP contribution in [0.4, 0.5) is 4.79 Å². The number of imide groups is 1. The van der Waals surface area contributed by atoms with Gasteiger partial charge >= 0.3 is 6.09 Å². The zero-order valence-corrected chi connectivity index (χ0v) is 40.4. The Morgan fingerprint density at radius 1 is 0.371 bits per heavy atom. The molecule has 5 rings (SSSR count). The molecule has 2 aliphatic rings. The van der Waals surface area contributed by atoms with Crippen molar-refractivity contribution in [2.75, 3.05) is 191 Å². The molecule has 19 nitrogen and oxygen atoms in total. The van der Waals surface area contributed by atoms with Gasteiger partial charge in [0.05, 0.1) is 189 Å². The van der Waals surface area contributed by atoms with Gasteiger partial charge in [0.2, 0.25) is 0 Å². The number of carbonyl (C=O) groups is 3. The molecule has 3 amide bonds. The summed E-state index contributed by atoms with van der Waals surface area (Å²) in [5.74, 6) is -0.538. The Kier molecular flexibility index (Phi) is 29.4. The second-order valence-electron chi connectivity index (χ2n) is 15.5. The minimum Gasteiger partial charge on any atom is -0.449 e. The van der Waals surface area contributed by atoms with Gasteiger partial charge in [-0.25, -0.2) is 4.79 Å². The van der Waals surface area contributed by atoms with Crippen molar-refractivity contribution in [3.05, 3.63) is 95.1 Å². The summed E-state index contributed by atoms with van der Waals surface area (Å²) in [6, 6.07) is 23.3. The summed E-state index contributed by atoms with van der Waals surface area (Å²) >= 11 is 0. The van der Waals surface area contributed by atoms with E-state index in [1.165, 1.54) is 27.2 Å². The van der Waals surface area contributed by atoms with E-state index in [9.17, 15) is 14.4 Å². The zero-order valence-electron chi connectivity index (χ0n) is 40.4. The highest BCUT2D eigenvalue weighted by molar-refractivity contribution is 6.21. The monoisotopic (exact) mass is 984 g/mol. The number of amides is 3. The molecule has 70 heavy (non-hydrogen) atoms. The van der Waals surface area contributed by atoms with Crippen LogP contribution in [-0.2, 0) is 66.3 Å². The molecule has 1 heterocycles. The van der Waals surface area contributed by atoms with Crippen molar-refractivity contribution in [2.24, 2.45) is 0 Å². The molecule has 1 N–H and O–H groups in total. The fourth-order valence-electron chi connectivity index (χ4n) is 7.21. The van der Waals surface area contributed by atoms with E-state index in [2.05, 4.69) is 29.6 Å². The van der Waals surface area contributed by atoms with Crippen molar-refractivity contribution in [1.29, 1.82) is 0 Å². The first-order chi connectivity index (χ1) is 34.6. The van der Waals surface area contributed by atoms with Crippen LogP contribution in [0.3, 0.4) is 0 Å². The van der Waals surface area contributed by atoms with E-state index in [-0.39, 0.29) is 37.5 Å². The number of nitrogens with zero attached hydrogens (tertiary/aromatic N) is 1. The highest BCUT2D eigenvalue weighted by Crippen LogP contribution is 2.44. The van der Waals surface area contributed by atoms with Crippen LogP contribution in [0, 0.1) is 0 Å². The van der Waals surface area contributed by atoms with Crippen LogP contribution in [-0.4, -0.2) is 214 Å².